The first-order valence-corrected chi connectivity index (χ1v) is 7.95. The molecule has 0 saturated carbocycles. The molecule has 1 atom stereocenters. The van der Waals surface area contributed by atoms with Gasteiger partial charge in [-0.25, -0.2) is 4.98 Å². The number of rotatable bonds is 3. The van der Waals surface area contributed by atoms with E-state index in [0.717, 1.165) is 37.6 Å². The van der Waals surface area contributed by atoms with E-state index < -0.39 is 0 Å². The van der Waals surface area contributed by atoms with Gasteiger partial charge in [0.25, 0.3) is 0 Å². The first kappa shape index (κ1) is 15.4. The van der Waals surface area contributed by atoms with Gasteiger partial charge in [0.15, 0.2) is 0 Å². The lowest BCUT2D eigenvalue weighted by molar-refractivity contribution is 0.198. The van der Waals surface area contributed by atoms with Gasteiger partial charge < -0.3 is 4.90 Å². The third-order valence-corrected chi connectivity index (χ3v) is 4.54. The monoisotopic (exact) mass is 307 g/mol. The number of aryl methyl sites for hydroxylation is 1. The van der Waals surface area contributed by atoms with E-state index in [1.54, 1.807) is 0 Å². The minimum Gasteiger partial charge on any atom is -0.354 e. The van der Waals surface area contributed by atoms with Crippen LogP contribution in [0.25, 0.3) is 0 Å². The van der Waals surface area contributed by atoms with Gasteiger partial charge in [0, 0.05) is 44.6 Å². The van der Waals surface area contributed by atoms with Gasteiger partial charge in [-0.3, -0.25) is 9.88 Å². The summed E-state index contributed by atoms with van der Waals surface area (Å²) in [5.41, 5.74) is 2.70. The lowest BCUT2D eigenvalue weighted by atomic mass is 10.1. The average Bonchev–Trinajstić information content (AvgIpc) is 2.62. The van der Waals surface area contributed by atoms with Crippen LogP contribution in [-0.2, 0) is 0 Å². The Morgan fingerprint density at radius 1 is 1.17 bits per heavy atom. The summed E-state index contributed by atoms with van der Waals surface area (Å²) in [5.74, 6) is 0.904. The van der Waals surface area contributed by atoms with E-state index in [0.29, 0.717) is 11.7 Å². The van der Waals surface area contributed by atoms with Crippen molar-refractivity contribution in [1.29, 1.82) is 5.26 Å². The van der Waals surface area contributed by atoms with Crippen molar-refractivity contribution in [2.24, 2.45) is 0 Å². The molecule has 2 aromatic rings. The second kappa shape index (κ2) is 6.76. The highest BCUT2D eigenvalue weighted by Gasteiger charge is 2.23. The highest BCUT2D eigenvalue weighted by Crippen LogP contribution is 2.23. The van der Waals surface area contributed by atoms with E-state index in [4.69, 9.17) is 5.26 Å². The van der Waals surface area contributed by atoms with E-state index in [9.17, 15) is 0 Å². The third-order valence-electron chi connectivity index (χ3n) is 4.54. The molecule has 1 fully saturated rings. The van der Waals surface area contributed by atoms with Crippen molar-refractivity contribution in [3.8, 4) is 6.07 Å². The minimum absolute atomic E-state index is 0.367. The van der Waals surface area contributed by atoms with Crippen LogP contribution < -0.4 is 4.90 Å². The van der Waals surface area contributed by atoms with Gasteiger partial charge in [0.1, 0.15) is 17.6 Å². The molecular formula is C18H21N5. The number of aromatic nitrogens is 2. The van der Waals surface area contributed by atoms with Gasteiger partial charge >= 0.3 is 0 Å². The maximum atomic E-state index is 9.14. The molecule has 3 heterocycles. The zero-order valence-corrected chi connectivity index (χ0v) is 13.6. The Kier molecular flexibility index (Phi) is 4.54. The van der Waals surface area contributed by atoms with Crippen molar-refractivity contribution in [3.63, 3.8) is 0 Å². The lowest BCUT2D eigenvalue weighted by Crippen LogP contribution is -2.47. The molecule has 0 N–H and O–H groups in total. The van der Waals surface area contributed by atoms with Crippen LogP contribution in [0.5, 0.6) is 0 Å². The maximum Gasteiger partial charge on any atom is 0.145 e. The lowest BCUT2D eigenvalue weighted by Gasteiger charge is -2.38. The molecule has 1 aliphatic heterocycles. The predicted molar refractivity (Wildman–Crippen MR) is 90.1 cm³/mol. The summed E-state index contributed by atoms with van der Waals surface area (Å²) in [6.07, 6.45) is 3.75. The molecule has 0 spiro atoms. The highest BCUT2D eigenvalue weighted by atomic mass is 15.3. The quantitative estimate of drug-likeness (QED) is 0.872. The Morgan fingerprint density at radius 3 is 2.61 bits per heavy atom. The van der Waals surface area contributed by atoms with Crippen LogP contribution in [0.3, 0.4) is 0 Å². The molecule has 1 saturated heterocycles. The van der Waals surface area contributed by atoms with Gasteiger partial charge in [-0.2, -0.15) is 5.26 Å². The normalized spacial score (nSPS) is 16.8. The molecule has 23 heavy (non-hydrogen) atoms. The van der Waals surface area contributed by atoms with Gasteiger partial charge in [-0.1, -0.05) is 12.1 Å². The number of pyridine rings is 2. The highest BCUT2D eigenvalue weighted by molar-refractivity contribution is 5.45. The molecule has 0 aliphatic carbocycles. The first-order valence-electron chi connectivity index (χ1n) is 7.95. The van der Waals surface area contributed by atoms with E-state index in [-0.39, 0.29) is 0 Å². The van der Waals surface area contributed by atoms with Gasteiger partial charge in [0.2, 0.25) is 0 Å². The van der Waals surface area contributed by atoms with E-state index >= 15 is 0 Å². The fourth-order valence-corrected chi connectivity index (χ4v) is 2.98. The summed E-state index contributed by atoms with van der Waals surface area (Å²) >= 11 is 0. The van der Waals surface area contributed by atoms with Crippen molar-refractivity contribution in [3.05, 3.63) is 53.5 Å². The molecule has 0 bridgehead atoms. The van der Waals surface area contributed by atoms with E-state index in [2.05, 4.69) is 38.8 Å². The molecule has 118 valence electrons. The molecule has 0 radical (unpaired) electrons. The Balaban J connectivity index is 1.66. The summed E-state index contributed by atoms with van der Waals surface area (Å²) < 4.78 is 0. The van der Waals surface area contributed by atoms with Crippen LogP contribution in [0.4, 0.5) is 5.82 Å². The van der Waals surface area contributed by atoms with Crippen LogP contribution >= 0.6 is 0 Å². The van der Waals surface area contributed by atoms with Crippen molar-refractivity contribution in [2.45, 2.75) is 19.9 Å². The molecule has 5 nitrogen and oxygen atoms in total. The smallest absolute Gasteiger partial charge is 0.145 e. The largest absolute Gasteiger partial charge is 0.354 e. The van der Waals surface area contributed by atoms with Crippen LogP contribution in [0.2, 0.25) is 0 Å². The minimum atomic E-state index is 0.367. The zero-order valence-electron chi connectivity index (χ0n) is 13.6. The number of nitrogens with zero attached hydrogens (tertiary/aromatic N) is 5. The molecule has 1 aliphatic rings. The summed E-state index contributed by atoms with van der Waals surface area (Å²) in [4.78, 5) is 13.4. The molecule has 1 unspecified atom stereocenters. The van der Waals surface area contributed by atoms with Gasteiger partial charge in [0.05, 0.1) is 0 Å². The van der Waals surface area contributed by atoms with E-state index in [1.165, 1.54) is 5.56 Å². The molecule has 2 aromatic heterocycles. The van der Waals surface area contributed by atoms with Crippen LogP contribution in [0.1, 0.15) is 29.8 Å². The molecule has 0 aromatic carbocycles. The fourth-order valence-electron chi connectivity index (χ4n) is 2.98. The molecular weight excluding hydrogens is 286 g/mol. The summed E-state index contributed by atoms with van der Waals surface area (Å²) in [6.45, 7) is 7.95. The first-order chi connectivity index (χ1) is 11.2. The number of hydrogen-bond acceptors (Lipinski definition) is 5. The maximum absolute atomic E-state index is 9.14. The summed E-state index contributed by atoms with van der Waals surface area (Å²) in [7, 11) is 0. The molecule has 5 heteroatoms. The van der Waals surface area contributed by atoms with Crippen molar-refractivity contribution >= 4 is 5.82 Å². The Labute approximate surface area is 137 Å². The standard InChI is InChI=1S/C18H21N5/c1-14-5-6-18(21-17(14)12-19)23-10-8-22(9-11-23)15(2)16-4-3-7-20-13-16/h3-7,13,15H,8-11H2,1-2H3. The summed E-state index contributed by atoms with van der Waals surface area (Å²) in [6, 6.07) is 10.6. The number of nitriles is 1. The topological polar surface area (TPSA) is 56.1 Å². The number of hydrogen-bond donors (Lipinski definition) is 0. The zero-order chi connectivity index (χ0) is 16.2. The second-order valence-corrected chi connectivity index (χ2v) is 5.93. The average molecular weight is 307 g/mol. The molecule has 3 rings (SSSR count). The Bertz CT molecular complexity index is 699. The molecule has 0 amide bonds. The van der Waals surface area contributed by atoms with Crippen molar-refractivity contribution in [1.82, 2.24) is 14.9 Å². The van der Waals surface area contributed by atoms with Crippen LogP contribution in [0, 0.1) is 18.3 Å². The van der Waals surface area contributed by atoms with Gasteiger partial charge in [-0.15, -0.1) is 0 Å². The van der Waals surface area contributed by atoms with E-state index in [1.807, 2.05) is 37.5 Å². The number of piperazine rings is 1. The number of anilines is 1. The predicted octanol–water partition coefficient (Wildman–Crippen LogP) is 2.54. The van der Waals surface area contributed by atoms with Crippen molar-refractivity contribution < 1.29 is 0 Å². The fraction of sp³-hybridized carbons (Fsp3) is 0.389. The second-order valence-electron chi connectivity index (χ2n) is 5.93. The Hall–Kier alpha value is -2.45. The van der Waals surface area contributed by atoms with Crippen LogP contribution in [-0.4, -0.2) is 41.0 Å². The van der Waals surface area contributed by atoms with Crippen LogP contribution in [0.15, 0.2) is 36.7 Å². The third kappa shape index (κ3) is 3.33. The van der Waals surface area contributed by atoms with Crippen molar-refractivity contribution in [2.75, 3.05) is 31.1 Å². The SMILES string of the molecule is Cc1ccc(N2CCN(C(C)c3cccnc3)CC2)nc1C#N. The summed E-state index contributed by atoms with van der Waals surface area (Å²) in [5, 5.41) is 9.14. The Morgan fingerprint density at radius 2 is 1.96 bits per heavy atom. The van der Waals surface area contributed by atoms with Gasteiger partial charge in [-0.05, 0) is 37.1 Å².